The second kappa shape index (κ2) is 3.63. The number of sulfonamides is 1. The molecule has 0 aliphatic heterocycles. The predicted octanol–water partition coefficient (Wildman–Crippen LogP) is -0.198. The van der Waals surface area contributed by atoms with Crippen LogP contribution in [0.4, 0.5) is 0 Å². The summed E-state index contributed by atoms with van der Waals surface area (Å²) in [4.78, 5) is 13.8. The molecule has 0 bridgehead atoms. The highest BCUT2D eigenvalue weighted by molar-refractivity contribution is 7.89. The van der Waals surface area contributed by atoms with Crippen molar-refractivity contribution in [3.05, 3.63) is 23.9 Å². The average Bonchev–Trinajstić information content (AvgIpc) is 2.18. The predicted molar refractivity (Wildman–Crippen MR) is 45.9 cm³/mol. The molecule has 5 nitrogen and oxygen atoms in total. The first-order chi connectivity index (χ1) is 6.10. The van der Waals surface area contributed by atoms with Gasteiger partial charge in [-0.15, -0.1) is 0 Å². The first kappa shape index (κ1) is 9.82. The lowest BCUT2D eigenvalue weighted by molar-refractivity contribution is 0.112. The molecule has 1 heterocycles. The average molecular weight is 200 g/mol. The Kier molecular flexibility index (Phi) is 2.74. The van der Waals surface area contributed by atoms with Crippen molar-refractivity contribution in [3.8, 4) is 0 Å². The van der Waals surface area contributed by atoms with Crippen molar-refractivity contribution in [2.24, 2.45) is 0 Å². The molecule has 1 N–H and O–H groups in total. The second-order valence-corrected chi connectivity index (χ2v) is 4.09. The molecular weight excluding hydrogens is 192 g/mol. The summed E-state index contributed by atoms with van der Waals surface area (Å²) in [6.45, 7) is 0. The number of pyridine rings is 1. The van der Waals surface area contributed by atoms with Crippen LogP contribution in [0.1, 0.15) is 10.4 Å². The van der Waals surface area contributed by atoms with Gasteiger partial charge in [0.1, 0.15) is 0 Å². The molecule has 0 saturated carbocycles. The van der Waals surface area contributed by atoms with Gasteiger partial charge in [-0.3, -0.25) is 4.79 Å². The van der Waals surface area contributed by atoms with Crippen LogP contribution in [0, 0.1) is 0 Å². The normalized spacial score (nSPS) is 11.2. The molecule has 1 aromatic heterocycles. The van der Waals surface area contributed by atoms with Gasteiger partial charge in [-0.2, -0.15) is 0 Å². The van der Waals surface area contributed by atoms with Crippen molar-refractivity contribution >= 4 is 16.3 Å². The Morgan fingerprint density at radius 3 is 2.54 bits per heavy atom. The van der Waals surface area contributed by atoms with Crippen LogP contribution in [-0.4, -0.2) is 26.7 Å². The van der Waals surface area contributed by atoms with Crippen molar-refractivity contribution < 1.29 is 13.2 Å². The number of aromatic nitrogens is 1. The molecular formula is C7H8N2O3S. The van der Waals surface area contributed by atoms with E-state index in [1.807, 2.05) is 0 Å². The van der Waals surface area contributed by atoms with Crippen LogP contribution < -0.4 is 4.72 Å². The maximum absolute atomic E-state index is 11.1. The molecule has 70 valence electrons. The lowest BCUT2D eigenvalue weighted by Crippen LogP contribution is -2.19. The third-order valence-electron chi connectivity index (χ3n) is 1.44. The number of aldehydes is 1. The lowest BCUT2D eigenvalue weighted by atomic mass is 10.3. The van der Waals surface area contributed by atoms with Gasteiger partial charge in [0.05, 0.1) is 0 Å². The zero-order chi connectivity index (χ0) is 9.90. The molecule has 0 aliphatic rings. The van der Waals surface area contributed by atoms with Gasteiger partial charge in [-0.05, 0) is 19.2 Å². The van der Waals surface area contributed by atoms with Crippen molar-refractivity contribution in [1.82, 2.24) is 9.71 Å². The summed E-state index contributed by atoms with van der Waals surface area (Å²) in [7, 11) is -2.20. The molecule has 0 spiro atoms. The van der Waals surface area contributed by atoms with E-state index < -0.39 is 10.0 Å². The van der Waals surface area contributed by atoms with Crippen LogP contribution in [0.2, 0.25) is 0 Å². The van der Waals surface area contributed by atoms with E-state index >= 15 is 0 Å². The number of rotatable bonds is 3. The van der Waals surface area contributed by atoms with E-state index in [0.29, 0.717) is 11.8 Å². The Balaban J connectivity index is 3.13. The number of carbonyl (C=O) groups excluding carboxylic acids is 1. The molecule has 0 fully saturated rings. The maximum Gasteiger partial charge on any atom is 0.257 e. The van der Waals surface area contributed by atoms with E-state index in [2.05, 4.69) is 9.71 Å². The maximum atomic E-state index is 11.1. The summed E-state index contributed by atoms with van der Waals surface area (Å²) in [5.74, 6) is 0. The molecule has 0 radical (unpaired) electrons. The Hall–Kier alpha value is -1.27. The largest absolute Gasteiger partial charge is 0.298 e. The Morgan fingerprint density at radius 1 is 1.46 bits per heavy atom. The van der Waals surface area contributed by atoms with Gasteiger partial charge in [-0.1, -0.05) is 0 Å². The molecule has 0 aromatic carbocycles. The van der Waals surface area contributed by atoms with Crippen LogP contribution in [0.25, 0.3) is 0 Å². The Bertz CT molecular complexity index is 396. The number of hydrogen-bond acceptors (Lipinski definition) is 4. The van der Waals surface area contributed by atoms with Crippen molar-refractivity contribution in [3.63, 3.8) is 0 Å². The second-order valence-electron chi connectivity index (χ2n) is 2.26. The number of hydrogen-bond donors (Lipinski definition) is 1. The molecule has 0 atom stereocenters. The Labute approximate surface area is 75.9 Å². The fourth-order valence-corrected chi connectivity index (χ4v) is 1.37. The first-order valence-corrected chi connectivity index (χ1v) is 4.93. The van der Waals surface area contributed by atoms with E-state index in [0.717, 1.165) is 0 Å². The minimum atomic E-state index is -3.50. The van der Waals surface area contributed by atoms with E-state index in [-0.39, 0.29) is 5.03 Å². The monoisotopic (exact) mass is 200 g/mol. The zero-order valence-electron chi connectivity index (χ0n) is 6.89. The third-order valence-corrected chi connectivity index (χ3v) is 2.77. The lowest BCUT2D eigenvalue weighted by Gasteiger charge is -1.99. The summed E-state index contributed by atoms with van der Waals surface area (Å²) in [6.07, 6.45) is 1.81. The highest BCUT2D eigenvalue weighted by Crippen LogP contribution is 2.04. The molecule has 1 rings (SSSR count). The number of carbonyl (C=O) groups is 1. The standard InChI is InChI=1S/C7H8N2O3S/c1-8-13(11,12)7-3-2-6(5-10)4-9-7/h2-5,8H,1H3. The molecule has 13 heavy (non-hydrogen) atoms. The highest BCUT2D eigenvalue weighted by Gasteiger charge is 2.11. The summed E-state index contributed by atoms with van der Waals surface area (Å²) in [5.41, 5.74) is 0.343. The molecule has 1 aromatic rings. The smallest absolute Gasteiger partial charge is 0.257 e. The Morgan fingerprint density at radius 2 is 2.15 bits per heavy atom. The summed E-state index contributed by atoms with van der Waals surface area (Å²) >= 11 is 0. The van der Waals surface area contributed by atoms with Crippen molar-refractivity contribution in [2.75, 3.05) is 7.05 Å². The number of nitrogens with zero attached hydrogens (tertiary/aromatic N) is 1. The molecule has 6 heteroatoms. The van der Waals surface area contributed by atoms with Crippen LogP contribution in [-0.2, 0) is 10.0 Å². The highest BCUT2D eigenvalue weighted by atomic mass is 32.2. The van der Waals surface area contributed by atoms with Gasteiger partial charge >= 0.3 is 0 Å². The topological polar surface area (TPSA) is 76.1 Å². The van der Waals surface area contributed by atoms with Crippen LogP contribution in [0.5, 0.6) is 0 Å². The van der Waals surface area contributed by atoms with Crippen LogP contribution in [0.15, 0.2) is 23.4 Å². The zero-order valence-corrected chi connectivity index (χ0v) is 7.71. The quantitative estimate of drug-likeness (QED) is 0.686. The van der Waals surface area contributed by atoms with Gasteiger partial charge in [-0.25, -0.2) is 18.1 Å². The van der Waals surface area contributed by atoms with Gasteiger partial charge in [0, 0.05) is 11.8 Å². The van der Waals surface area contributed by atoms with E-state index in [1.54, 1.807) is 0 Å². The number of nitrogens with one attached hydrogen (secondary N) is 1. The van der Waals surface area contributed by atoms with Gasteiger partial charge in [0.15, 0.2) is 11.3 Å². The summed E-state index contributed by atoms with van der Waals surface area (Å²) in [6, 6.07) is 2.67. The van der Waals surface area contributed by atoms with E-state index in [1.165, 1.54) is 25.4 Å². The summed E-state index contributed by atoms with van der Waals surface area (Å²) in [5, 5.41) is -0.0967. The van der Waals surface area contributed by atoms with E-state index in [4.69, 9.17) is 0 Å². The minimum absolute atomic E-state index is 0.0967. The van der Waals surface area contributed by atoms with Crippen molar-refractivity contribution in [2.45, 2.75) is 5.03 Å². The molecule has 0 unspecified atom stereocenters. The molecule has 0 aliphatic carbocycles. The van der Waals surface area contributed by atoms with E-state index in [9.17, 15) is 13.2 Å². The van der Waals surface area contributed by atoms with Gasteiger partial charge in [0.25, 0.3) is 10.0 Å². The fourth-order valence-electron chi connectivity index (χ4n) is 0.725. The third kappa shape index (κ3) is 2.10. The van der Waals surface area contributed by atoms with Crippen LogP contribution in [0.3, 0.4) is 0 Å². The first-order valence-electron chi connectivity index (χ1n) is 3.45. The fraction of sp³-hybridized carbons (Fsp3) is 0.143. The SMILES string of the molecule is CNS(=O)(=O)c1ccc(C=O)cn1. The molecule has 0 saturated heterocycles. The van der Waals surface area contributed by atoms with Gasteiger partial charge < -0.3 is 0 Å². The molecule has 0 amide bonds. The van der Waals surface area contributed by atoms with Crippen molar-refractivity contribution in [1.29, 1.82) is 0 Å². The van der Waals surface area contributed by atoms with Gasteiger partial charge in [0.2, 0.25) is 0 Å². The minimum Gasteiger partial charge on any atom is -0.298 e. The van der Waals surface area contributed by atoms with Crippen LogP contribution >= 0.6 is 0 Å². The summed E-state index contributed by atoms with van der Waals surface area (Å²) < 4.78 is 24.4.